The molecule has 0 radical (unpaired) electrons. The summed E-state index contributed by atoms with van der Waals surface area (Å²) in [5, 5.41) is 4.45. The minimum atomic E-state index is 0.673. The third kappa shape index (κ3) is 4.56. The molecular formula is C17H24N4S. The van der Waals surface area contributed by atoms with Crippen LogP contribution in [0.2, 0.25) is 0 Å². The average Bonchev–Trinajstić information content (AvgIpc) is 2.91. The normalized spacial score (nSPS) is 11.5. The minimum Gasteiger partial charge on any atom is -0.357 e. The van der Waals surface area contributed by atoms with Crippen LogP contribution in [0.25, 0.3) is 0 Å². The Morgan fingerprint density at radius 2 is 2.09 bits per heavy atom. The first-order valence-electron chi connectivity index (χ1n) is 7.55. The first-order chi connectivity index (χ1) is 10.6. The number of nitrogens with one attached hydrogen (secondary N) is 1. The van der Waals surface area contributed by atoms with Crippen LogP contribution in [0.15, 0.2) is 35.5 Å². The van der Waals surface area contributed by atoms with Crippen LogP contribution >= 0.6 is 11.3 Å². The number of rotatable bonds is 5. The van der Waals surface area contributed by atoms with Gasteiger partial charge in [-0.2, -0.15) is 0 Å². The van der Waals surface area contributed by atoms with Crippen molar-refractivity contribution in [2.45, 2.75) is 33.9 Å². The van der Waals surface area contributed by atoms with Crippen molar-refractivity contribution in [1.29, 1.82) is 0 Å². The van der Waals surface area contributed by atoms with Crippen molar-refractivity contribution >= 4 is 17.3 Å². The lowest BCUT2D eigenvalue weighted by atomic mass is 10.1. The highest BCUT2D eigenvalue weighted by atomic mass is 32.1. The number of hydrogen-bond acceptors (Lipinski definition) is 3. The van der Waals surface area contributed by atoms with Crippen molar-refractivity contribution < 1.29 is 0 Å². The lowest BCUT2D eigenvalue weighted by molar-refractivity contribution is 0.475. The van der Waals surface area contributed by atoms with Crippen molar-refractivity contribution in [3.63, 3.8) is 0 Å². The van der Waals surface area contributed by atoms with Crippen molar-refractivity contribution in [2.75, 3.05) is 13.6 Å². The van der Waals surface area contributed by atoms with Gasteiger partial charge in [-0.3, -0.25) is 0 Å². The smallest absolute Gasteiger partial charge is 0.194 e. The molecule has 0 bridgehead atoms. The van der Waals surface area contributed by atoms with Crippen LogP contribution in [0.1, 0.15) is 27.9 Å². The van der Waals surface area contributed by atoms with Crippen molar-refractivity contribution in [3.8, 4) is 0 Å². The van der Waals surface area contributed by atoms with Crippen molar-refractivity contribution in [3.05, 3.63) is 51.5 Å². The van der Waals surface area contributed by atoms with E-state index in [-0.39, 0.29) is 0 Å². The molecule has 0 aliphatic rings. The summed E-state index contributed by atoms with van der Waals surface area (Å²) >= 11 is 1.70. The largest absolute Gasteiger partial charge is 0.357 e. The highest BCUT2D eigenvalue weighted by Crippen LogP contribution is 2.13. The second kappa shape index (κ2) is 7.94. The van der Waals surface area contributed by atoms with Gasteiger partial charge in [-0.15, -0.1) is 11.3 Å². The Morgan fingerprint density at radius 1 is 1.32 bits per heavy atom. The molecule has 1 aromatic carbocycles. The van der Waals surface area contributed by atoms with E-state index < -0.39 is 0 Å². The number of aryl methyl sites for hydroxylation is 2. The van der Waals surface area contributed by atoms with Gasteiger partial charge in [-0.25, -0.2) is 9.98 Å². The Morgan fingerprint density at radius 3 is 2.73 bits per heavy atom. The van der Waals surface area contributed by atoms with Crippen LogP contribution in [0.4, 0.5) is 0 Å². The van der Waals surface area contributed by atoms with E-state index in [1.54, 1.807) is 11.3 Å². The van der Waals surface area contributed by atoms with E-state index in [9.17, 15) is 0 Å². The maximum absolute atomic E-state index is 4.72. The Bertz CT molecular complexity index is 633. The van der Waals surface area contributed by atoms with E-state index in [2.05, 4.69) is 60.4 Å². The molecule has 118 valence electrons. The third-order valence-electron chi connectivity index (χ3n) is 3.42. The van der Waals surface area contributed by atoms with Gasteiger partial charge in [-0.1, -0.05) is 24.3 Å². The van der Waals surface area contributed by atoms with E-state index in [0.717, 1.165) is 24.1 Å². The number of aromatic nitrogens is 1. The maximum Gasteiger partial charge on any atom is 0.194 e. The molecule has 0 unspecified atom stereocenters. The standard InChI is InChI=1S/C17H24N4S/c1-5-18-17(20-11-16-10-19-14(3)22-16)21(4)12-15-9-7-6-8-13(15)2/h6-10H,5,11-12H2,1-4H3,(H,18,20). The van der Waals surface area contributed by atoms with E-state index in [4.69, 9.17) is 4.99 Å². The van der Waals surface area contributed by atoms with E-state index in [0.29, 0.717) is 6.54 Å². The number of thiazole rings is 1. The van der Waals surface area contributed by atoms with Gasteiger partial charge in [0.1, 0.15) is 0 Å². The highest BCUT2D eigenvalue weighted by molar-refractivity contribution is 7.11. The molecule has 0 atom stereocenters. The predicted molar refractivity (Wildman–Crippen MR) is 94.3 cm³/mol. The number of aliphatic imine (C=N–C) groups is 1. The van der Waals surface area contributed by atoms with Gasteiger partial charge in [0.25, 0.3) is 0 Å². The summed E-state index contributed by atoms with van der Waals surface area (Å²) in [6.45, 7) is 8.64. The van der Waals surface area contributed by atoms with Crippen LogP contribution in [0.3, 0.4) is 0 Å². The number of benzene rings is 1. The minimum absolute atomic E-state index is 0.673. The maximum atomic E-state index is 4.72. The molecule has 0 saturated carbocycles. The lowest BCUT2D eigenvalue weighted by Crippen LogP contribution is -2.38. The average molecular weight is 316 g/mol. The van der Waals surface area contributed by atoms with Gasteiger partial charge in [0.05, 0.1) is 11.6 Å². The first-order valence-corrected chi connectivity index (χ1v) is 8.37. The molecule has 1 N–H and O–H groups in total. The fraction of sp³-hybridized carbons (Fsp3) is 0.412. The van der Waals surface area contributed by atoms with Crippen molar-refractivity contribution in [1.82, 2.24) is 15.2 Å². The first kappa shape index (κ1) is 16.5. The molecule has 1 heterocycles. The van der Waals surface area contributed by atoms with Crippen LogP contribution < -0.4 is 5.32 Å². The van der Waals surface area contributed by atoms with Crippen LogP contribution in [0.5, 0.6) is 0 Å². The van der Waals surface area contributed by atoms with Gasteiger partial charge in [-0.05, 0) is 31.9 Å². The second-order valence-electron chi connectivity index (χ2n) is 5.30. The van der Waals surface area contributed by atoms with E-state index in [1.165, 1.54) is 16.0 Å². The van der Waals surface area contributed by atoms with Gasteiger partial charge >= 0.3 is 0 Å². The zero-order valence-electron chi connectivity index (χ0n) is 13.8. The molecule has 0 saturated heterocycles. The summed E-state index contributed by atoms with van der Waals surface area (Å²) in [5.41, 5.74) is 2.63. The molecule has 0 aliphatic carbocycles. The van der Waals surface area contributed by atoms with Gasteiger partial charge in [0, 0.05) is 31.2 Å². The van der Waals surface area contributed by atoms with Crippen LogP contribution in [-0.4, -0.2) is 29.4 Å². The molecule has 2 rings (SSSR count). The van der Waals surface area contributed by atoms with E-state index in [1.807, 2.05) is 13.1 Å². The summed E-state index contributed by atoms with van der Waals surface area (Å²) in [6.07, 6.45) is 1.91. The quantitative estimate of drug-likeness (QED) is 0.679. The fourth-order valence-corrected chi connectivity index (χ4v) is 2.94. The Hall–Kier alpha value is -1.88. The van der Waals surface area contributed by atoms with Gasteiger partial charge < -0.3 is 10.2 Å². The van der Waals surface area contributed by atoms with Gasteiger partial charge in [0.2, 0.25) is 0 Å². The molecule has 2 aromatic rings. The van der Waals surface area contributed by atoms with Crippen LogP contribution in [0, 0.1) is 13.8 Å². The summed E-state index contributed by atoms with van der Waals surface area (Å²) in [7, 11) is 2.08. The summed E-state index contributed by atoms with van der Waals surface area (Å²) < 4.78 is 0. The molecule has 0 aliphatic heterocycles. The number of guanidine groups is 1. The molecule has 0 spiro atoms. The van der Waals surface area contributed by atoms with E-state index >= 15 is 0 Å². The fourth-order valence-electron chi connectivity index (χ4n) is 2.22. The number of nitrogens with zero attached hydrogens (tertiary/aromatic N) is 3. The topological polar surface area (TPSA) is 40.5 Å². The Labute approximate surface area is 136 Å². The van der Waals surface area contributed by atoms with Gasteiger partial charge in [0.15, 0.2) is 5.96 Å². The van der Waals surface area contributed by atoms with Crippen molar-refractivity contribution in [2.24, 2.45) is 4.99 Å². The second-order valence-corrected chi connectivity index (χ2v) is 6.62. The molecule has 5 heteroatoms. The molecular weight excluding hydrogens is 292 g/mol. The molecule has 22 heavy (non-hydrogen) atoms. The zero-order chi connectivity index (χ0) is 15.9. The zero-order valence-corrected chi connectivity index (χ0v) is 14.6. The Balaban J connectivity index is 2.07. The Kier molecular flexibility index (Phi) is 5.95. The molecule has 4 nitrogen and oxygen atoms in total. The summed E-state index contributed by atoms with van der Waals surface area (Å²) in [5.74, 6) is 0.928. The molecule has 0 amide bonds. The predicted octanol–water partition coefficient (Wildman–Crippen LogP) is 3.36. The molecule has 0 fully saturated rings. The SMILES string of the molecule is CCNC(=NCc1cnc(C)s1)N(C)Cc1ccccc1C. The highest BCUT2D eigenvalue weighted by Gasteiger charge is 2.08. The summed E-state index contributed by atoms with van der Waals surface area (Å²) in [4.78, 5) is 12.4. The summed E-state index contributed by atoms with van der Waals surface area (Å²) in [6, 6.07) is 8.47. The van der Waals surface area contributed by atoms with Crippen LogP contribution in [-0.2, 0) is 13.1 Å². The lowest BCUT2D eigenvalue weighted by Gasteiger charge is -2.23. The molecule has 1 aromatic heterocycles. The third-order valence-corrected chi connectivity index (χ3v) is 4.32. The number of hydrogen-bond donors (Lipinski definition) is 1. The monoisotopic (exact) mass is 316 g/mol.